The molecule has 0 spiro atoms. The van der Waals surface area contributed by atoms with Crippen molar-refractivity contribution in [2.75, 3.05) is 5.32 Å². The van der Waals surface area contributed by atoms with Crippen LogP contribution in [0, 0.1) is 0 Å². The summed E-state index contributed by atoms with van der Waals surface area (Å²) in [4.78, 5) is 12.3. The third-order valence-electron chi connectivity index (χ3n) is 4.06. The van der Waals surface area contributed by atoms with Crippen LogP contribution in [0.3, 0.4) is 0 Å². The van der Waals surface area contributed by atoms with E-state index in [-0.39, 0.29) is 5.69 Å². The monoisotopic (exact) mass is 389 g/mol. The molecule has 9 heteroatoms. The number of nitrogens with one attached hydrogen (secondary N) is 2. The van der Waals surface area contributed by atoms with Gasteiger partial charge in [-0.2, -0.15) is 13.2 Å². The highest BCUT2D eigenvalue weighted by atomic mass is 19.4. The van der Waals surface area contributed by atoms with E-state index in [1.165, 1.54) is 18.2 Å². The van der Waals surface area contributed by atoms with Gasteiger partial charge in [0.25, 0.3) is 0 Å². The number of halogens is 3. The first-order valence-electron chi connectivity index (χ1n) is 8.40. The van der Waals surface area contributed by atoms with Crippen LogP contribution in [0.15, 0.2) is 60.8 Å². The summed E-state index contributed by atoms with van der Waals surface area (Å²) in [5.74, 6) is 0. The topological polar surface area (TPSA) is 71.8 Å². The molecule has 0 aliphatic heterocycles. The highest BCUT2D eigenvalue weighted by Crippen LogP contribution is 2.34. The molecule has 6 nitrogen and oxygen atoms in total. The fraction of sp³-hybridized carbons (Fsp3) is 0.211. The van der Waals surface area contributed by atoms with Crippen molar-refractivity contribution in [3.63, 3.8) is 0 Å². The van der Waals surface area contributed by atoms with Crippen molar-refractivity contribution >= 4 is 11.7 Å². The molecule has 3 rings (SSSR count). The predicted octanol–water partition coefficient (Wildman–Crippen LogP) is 4.34. The molecule has 2 N–H and O–H groups in total. The van der Waals surface area contributed by atoms with E-state index in [4.69, 9.17) is 0 Å². The van der Waals surface area contributed by atoms with Crippen molar-refractivity contribution in [2.24, 2.45) is 0 Å². The van der Waals surface area contributed by atoms with Crippen LogP contribution in [0.1, 0.15) is 25.1 Å². The summed E-state index contributed by atoms with van der Waals surface area (Å²) in [5.41, 5.74) is -0.963. The molecule has 2 aromatic carbocycles. The van der Waals surface area contributed by atoms with E-state index in [9.17, 15) is 18.0 Å². The zero-order valence-electron chi connectivity index (χ0n) is 15.2. The van der Waals surface area contributed by atoms with Crippen LogP contribution in [-0.2, 0) is 11.7 Å². The van der Waals surface area contributed by atoms with Gasteiger partial charge in [-0.25, -0.2) is 9.48 Å². The molecule has 0 bridgehead atoms. The van der Waals surface area contributed by atoms with Crippen LogP contribution in [0.25, 0.3) is 5.69 Å². The van der Waals surface area contributed by atoms with Crippen molar-refractivity contribution in [2.45, 2.75) is 25.6 Å². The first-order valence-corrected chi connectivity index (χ1v) is 8.40. The molecule has 0 aliphatic carbocycles. The molecule has 2 amide bonds. The number of para-hydroxylation sites is 2. The number of benzene rings is 2. The quantitative estimate of drug-likeness (QED) is 0.697. The van der Waals surface area contributed by atoms with Crippen molar-refractivity contribution in [1.29, 1.82) is 0 Å². The van der Waals surface area contributed by atoms with E-state index in [0.717, 1.165) is 11.8 Å². The first-order chi connectivity index (χ1) is 13.2. The number of carbonyl (C=O) groups is 1. The maximum atomic E-state index is 13.1. The Labute approximate surface area is 159 Å². The van der Waals surface area contributed by atoms with Crippen molar-refractivity contribution < 1.29 is 18.0 Å². The van der Waals surface area contributed by atoms with Crippen LogP contribution >= 0.6 is 0 Å². The molecule has 28 heavy (non-hydrogen) atoms. The molecule has 0 atom stereocenters. The number of amides is 2. The van der Waals surface area contributed by atoms with Gasteiger partial charge < -0.3 is 10.6 Å². The van der Waals surface area contributed by atoms with Crippen LogP contribution in [0.4, 0.5) is 23.7 Å². The smallest absolute Gasteiger partial charge is 0.327 e. The number of nitrogens with zero attached hydrogens (tertiary/aromatic N) is 3. The number of anilines is 1. The lowest BCUT2D eigenvalue weighted by molar-refractivity contribution is -0.136. The summed E-state index contributed by atoms with van der Waals surface area (Å²) in [6.07, 6.45) is -2.92. The van der Waals surface area contributed by atoms with Gasteiger partial charge in [0.15, 0.2) is 0 Å². The van der Waals surface area contributed by atoms with Crippen molar-refractivity contribution in [1.82, 2.24) is 20.3 Å². The SMILES string of the molecule is CC(C)(NC(=O)Nc1ccccc1C(F)(F)F)c1cn(-c2ccccc2)nn1. The van der Waals surface area contributed by atoms with Crippen LogP contribution in [-0.4, -0.2) is 21.0 Å². The maximum Gasteiger partial charge on any atom is 0.418 e. The van der Waals surface area contributed by atoms with Crippen LogP contribution in [0.2, 0.25) is 0 Å². The first kappa shape index (κ1) is 19.4. The van der Waals surface area contributed by atoms with E-state index < -0.39 is 23.3 Å². The van der Waals surface area contributed by atoms with Gasteiger partial charge in [0.1, 0.15) is 5.69 Å². The average molecular weight is 389 g/mol. The molecular weight excluding hydrogens is 371 g/mol. The van der Waals surface area contributed by atoms with E-state index >= 15 is 0 Å². The summed E-state index contributed by atoms with van der Waals surface area (Å²) in [6, 6.07) is 13.3. The largest absolute Gasteiger partial charge is 0.418 e. The zero-order valence-corrected chi connectivity index (χ0v) is 15.2. The second-order valence-corrected chi connectivity index (χ2v) is 6.63. The number of carbonyl (C=O) groups excluding carboxylic acids is 1. The molecule has 0 fully saturated rings. The van der Waals surface area contributed by atoms with E-state index in [1.807, 2.05) is 30.3 Å². The Kier molecular flexibility index (Phi) is 5.08. The lowest BCUT2D eigenvalue weighted by Gasteiger charge is -2.24. The van der Waals surface area contributed by atoms with Crippen molar-refractivity contribution in [3.05, 3.63) is 72.1 Å². The molecular formula is C19H18F3N5O. The molecule has 1 aromatic heterocycles. The van der Waals surface area contributed by atoms with Gasteiger partial charge in [-0.3, -0.25) is 0 Å². The van der Waals surface area contributed by atoms with Gasteiger partial charge in [-0.05, 0) is 38.1 Å². The molecule has 3 aromatic rings. The number of aromatic nitrogens is 3. The number of alkyl halides is 3. The Morgan fingerprint density at radius 2 is 1.64 bits per heavy atom. The van der Waals surface area contributed by atoms with E-state index in [0.29, 0.717) is 5.69 Å². The van der Waals surface area contributed by atoms with Gasteiger partial charge >= 0.3 is 12.2 Å². The summed E-state index contributed by atoms with van der Waals surface area (Å²) < 4.78 is 40.8. The minimum atomic E-state index is -4.57. The van der Waals surface area contributed by atoms with E-state index in [2.05, 4.69) is 20.9 Å². The third kappa shape index (κ3) is 4.30. The van der Waals surface area contributed by atoms with Gasteiger partial charge in [0.2, 0.25) is 0 Å². The highest BCUT2D eigenvalue weighted by molar-refractivity contribution is 5.90. The summed E-state index contributed by atoms with van der Waals surface area (Å²) in [7, 11) is 0. The predicted molar refractivity (Wildman–Crippen MR) is 98.0 cm³/mol. The lowest BCUT2D eigenvalue weighted by atomic mass is 10.0. The second kappa shape index (κ2) is 7.34. The van der Waals surface area contributed by atoms with Crippen molar-refractivity contribution in [3.8, 4) is 5.69 Å². The molecule has 146 valence electrons. The van der Waals surface area contributed by atoms with Gasteiger partial charge in [-0.1, -0.05) is 35.5 Å². The molecule has 0 saturated carbocycles. The lowest BCUT2D eigenvalue weighted by Crippen LogP contribution is -2.43. The Hall–Kier alpha value is -3.36. The Bertz CT molecular complexity index is 967. The van der Waals surface area contributed by atoms with Crippen LogP contribution < -0.4 is 10.6 Å². The standard InChI is InChI=1S/C19H18F3N5O/c1-18(2,16-12-27(26-25-16)13-8-4-3-5-9-13)24-17(28)23-15-11-7-6-10-14(15)19(20,21)22/h3-12H,1-2H3,(H2,23,24,28). The van der Waals surface area contributed by atoms with Crippen LogP contribution in [0.5, 0.6) is 0 Å². The Morgan fingerprint density at radius 1 is 1.00 bits per heavy atom. The molecule has 0 radical (unpaired) electrons. The fourth-order valence-corrected chi connectivity index (χ4v) is 2.60. The number of hydrogen-bond acceptors (Lipinski definition) is 3. The average Bonchev–Trinajstić information content (AvgIpc) is 3.12. The number of rotatable bonds is 4. The molecule has 0 unspecified atom stereocenters. The summed E-state index contributed by atoms with van der Waals surface area (Å²) in [5, 5.41) is 13.0. The Balaban J connectivity index is 1.75. The normalized spacial score (nSPS) is 11.9. The molecule has 0 saturated heterocycles. The second-order valence-electron chi connectivity index (χ2n) is 6.63. The maximum absolute atomic E-state index is 13.1. The zero-order chi connectivity index (χ0) is 20.4. The minimum absolute atomic E-state index is 0.323. The number of hydrogen-bond donors (Lipinski definition) is 2. The molecule has 0 aliphatic rings. The van der Waals surface area contributed by atoms with Gasteiger partial charge in [0.05, 0.1) is 28.7 Å². The highest BCUT2D eigenvalue weighted by Gasteiger charge is 2.34. The summed E-state index contributed by atoms with van der Waals surface area (Å²) in [6.45, 7) is 3.36. The van der Waals surface area contributed by atoms with Gasteiger partial charge in [0, 0.05) is 0 Å². The fourth-order valence-electron chi connectivity index (χ4n) is 2.60. The third-order valence-corrected chi connectivity index (χ3v) is 4.06. The number of urea groups is 1. The minimum Gasteiger partial charge on any atom is -0.327 e. The Morgan fingerprint density at radius 3 is 2.32 bits per heavy atom. The van der Waals surface area contributed by atoms with Gasteiger partial charge in [-0.15, -0.1) is 5.10 Å². The van der Waals surface area contributed by atoms with E-state index in [1.54, 1.807) is 24.7 Å². The molecule has 1 heterocycles. The summed E-state index contributed by atoms with van der Waals surface area (Å²) >= 11 is 0.